The summed E-state index contributed by atoms with van der Waals surface area (Å²) in [6.45, 7) is 5.55. The predicted molar refractivity (Wildman–Crippen MR) is 110 cm³/mol. The first kappa shape index (κ1) is 19.2. The molecule has 27 heavy (non-hydrogen) atoms. The van der Waals surface area contributed by atoms with Gasteiger partial charge in [-0.25, -0.2) is 0 Å². The third kappa shape index (κ3) is 4.98. The number of benzene rings is 2. The minimum atomic E-state index is 0.00898. The van der Waals surface area contributed by atoms with Crippen molar-refractivity contribution in [3.63, 3.8) is 0 Å². The summed E-state index contributed by atoms with van der Waals surface area (Å²) < 4.78 is 2.04. The highest BCUT2D eigenvalue weighted by Crippen LogP contribution is 2.23. The minimum Gasteiger partial charge on any atom is -0.355 e. The number of rotatable bonds is 8. The monoisotopic (exact) mass is 380 g/mol. The van der Waals surface area contributed by atoms with Crippen molar-refractivity contribution < 1.29 is 4.79 Å². The lowest BCUT2D eigenvalue weighted by atomic mass is 10.0. The molecule has 1 aromatic heterocycles. The third-order valence-electron chi connectivity index (χ3n) is 4.37. The highest BCUT2D eigenvalue weighted by molar-refractivity contribution is 7.99. The maximum absolute atomic E-state index is 12.2. The van der Waals surface area contributed by atoms with Gasteiger partial charge in [-0.2, -0.15) is 0 Å². The average Bonchev–Trinajstić information content (AvgIpc) is 3.14. The molecule has 1 N–H and O–H groups in total. The van der Waals surface area contributed by atoms with Crippen molar-refractivity contribution in [3.05, 3.63) is 66.2 Å². The van der Waals surface area contributed by atoms with E-state index in [4.69, 9.17) is 0 Å². The van der Waals surface area contributed by atoms with Crippen molar-refractivity contribution >= 4 is 17.7 Å². The van der Waals surface area contributed by atoms with Gasteiger partial charge in [-0.15, -0.1) is 10.2 Å². The lowest BCUT2D eigenvalue weighted by Crippen LogP contribution is -2.29. The van der Waals surface area contributed by atoms with Crippen LogP contribution in [0.3, 0.4) is 0 Å². The summed E-state index contributed by atoms with van der Waals surface area (Å²) >= 11 is 1.42. The molecule has 2 aromatic carbocycles. The van der Waals surface area contributed by atoms with Crippen molar-refractivity contribution in [1.29, 1.82) is 0 Å². The summed E-state index contributed by atoms with van der Waals surface area (Å²) in [7, 11) is 0. The van der Waals surface area contributed by atoms with Crippen LogP contribution in [-0.4, -0.2) is 33.0 Å². The Morgan fingerprint density at radius 2 is 1.74 bits per heavy atom. The predicted octanol–water partition coefficient (Wildman–Crippen LogP) is 3.98. The van der Waals surface area contributed by atoms with Gasteiger partial charge in [-0.3, -0.25) is 4.79 Å². The van der Waals surface area contributed by atoms with Gasteiger partial charge in [-0.05, 0) is 18.4 Å². The molecule has 1 unspecified atom stereocenters. The molecule has 0 bridgehead atoms. The quantitative estimate of drug-likeness (QED) is 0.601. The van der Waals surface area contributed by atoms with Gasteiger partial charge in [0.25, 0.3) is 0 Å². The highest BCUT2D eigenvalue weighted by atomic mass is 32.2. The van der Waals surface area contributed by atoms with E-state index in [1.807, 2.05) is 53.1 Å². The SMILES string of the molecule is CCn1c(SCC(=O)NCC(C)c2ccccc2)nnc1-c1ccccc1. The maximum Gasteiger partial charge on any atom is 0.230 e. The Hall–Kier alpha value is -2.60. The van der Waals surface area contributed by atoms with Gasteiger partial charge < -0.3 is 9.88 Å². The molecule has 3 rings (SSSR count). The van der Waals surface area contributed by atoms with Gasteiger partial charge in [0.15, 0.2) is 11.0 Å². The van der Waals surface area contributed by atoms with Crippen LogP contribution in [0.15, 0.2) is 65.8 Å². The number of nitrogens with one attached hydrogen (secondary N) is 1. The van der Waals surface area contributed by atoms with E-state index in [0.29, 0.717) is 12.3 Å². The van der Waals surface area contributed by atoms with E-state index in [1.54, 1.807) is 0 Å². The zero-order chi connectivity index (χ0) is 19.1. The Kier molecular flexibility index (Phi) is 6.65. The molecule has 5 nitrogen and oxygen atoms in total. The average molecular weight is 381 g/mol. The Bertz CT molecular complexity index is 864. The number of carbonyl (C=O) groups excluding carboxylic acids is 1. The summed E-state index contributed by atoms with van der Waals surface area (Å²) in [4.78, 5) is 12.2. The summed E-state index contributed by atoms with van der Waals surface area (Å²) in [6, 6.07) is 20.2. The topological polar surface area (TPSA) is 59.8 Å². The molecule has 0 aliphatic carbocycles. The fraction of sp³-hybridized carbons (Fsp3) is 0.286. The Labute approximate surface area is 164 Å². The standard InChI is InChI=1S/C21H24N4OS/c1-3-25-20(18-12-8-5-9-13-18)23-24-21(25)27-15-19(26)22-14-16(2)17-10-6-4-7-11-17/h4-13,16H,3,14-15H2,1-2H3,(H,22,26). The van der Waals surface area contributed by atoms with E-state index in [1.165, 1.54) is 17.3 Å². The van der Waals surface area contributed by atoms with Crippen LogP contribution in [0.4, 0.5) is 0 Å². The molecule has 3 aromatic rings. The second-order valence-electron chi connectivity index (χ2n) is 6.32. The van der Waals surface area contributed by atoms with E-state index in [9.17, 15) is 4.79 Å². The van der Waals surface area contributed by atoms with E-state index < -0.39 is 0 Å². The molecular formula is C21H24N4OS. The molecule has 1 atom stereocenters. The van der Waals surface area contributed by atoms with Crippen LogP contribution in [0.2, 0.25) is 0 Å². The van der Waals surface area contributed by atoms with Crippen molar-refractivity contribution in [1.82, 2.24) is 20.1 Å². The van der Waals surface area contributed by atoms with Gasteiger partial charge in [0.05, 0.1) is 5.75 Å². The maximum atomic E-state index is 12.2. The van der Waals surface area contributed by atoms with Crippen LogP contribution in [0.25, 0.3) is 11.4 Å². The normalized spacial score (nSPS) is 11.9. The molecule has 0 saturated heterocycles. The van der Waals surface area contributed by atoms with E-state index in [0.717, 1.165) is 23.1 Å². The second kappa shape index (κ2) is 9.37. The lowest BCUT2D eigenvalue weighted by Gasteiger charge is -2.13. The number of carbonyl (C=O) groups is 1. The van der Waals surface area contributed by atoms with Crippen molar-refractivity contribution in [2.24, 2.45) is 0 Å². The first-order chi connectivity index (χ1) is 13.2. The fourth-order valence-electron chi connectivity index (χ4n) is 2.83. The second-order valence-corrected chi connectivity index (χ2v) is 7.26. The van der Waals surface area contributed by atoms with Gasteiger partial charge in [0, 0.05) is 18.7 Å². The smallest absolute Gasteiger partial charge is 0.230 e. The summed E-state index contributed by atoms with van der Waals surface area (Å²) in [5.74, 6) is 1.45. The largest absolute Gasteiger partial charge is 0.355 e. The molecule has 0 radical (unpaired) electrons. The minimum absolute atomic E-state index is 0.00898. The first-order valence-corrected chi connectivity index (χ1v) is 10.1. The fourth-order valence-corrected chi connectivity index (χ4v) is 3.66. The highest BCUT2D eigenvalue weighted by Gasteiger charge is 2.15. The Morgan fingerprint density at radius 1 is 1.07 bits per heavy atom. The molecule has 140 valence electrons. The number of amides is 1. The number of hydrogen-bond donors (Lipinski definition) is 1. The number of aromatic nitrogens is 3. The van der Waals surface area contributed by atoms with Crippen LogP contribution in [0.5, 0.6) is 0 Å². The van der Waals surface area contributed by atoms with E-state index in [-0.39, 0.29) is 11.8 Å². The van der Waals surface area contributed by atoms with Gasteiger partial charge in [0.1, 0.15) is 0 Å². The van der Waals surface area contributed by atoms with Crippen molar-refractivity contribution in [2.45, 2.75) is 31.5 Å². The third-order valence-corrected chi connectivity index (χ3v) is 5.34. The molecule has 0 aliphatic heterocycles. The molecule has 0 fully saturated rings. The Morgan fingerprint density at radius 3 is 2.41 bits per heavy atom. The molecule has 0 aliphatic rings. The number of hydrogen-bond acceptors (Lipinski definition) is 4. The van der Waals surface area contributed by atoms with Gasteiger partial charge in [0.2, 0.25) is 5.91 Å². The molecule has 1 heterocycles. The molecule has 1 amide bonds. The zero-order valence-corrected chi connectivity index (χ0v) is 16.4. The van der Waals surface area contributed by atoms with Crippen molar-refractivity contribution in [2.75, 3.05) is 12.3 Å². The molecular weight excluding hydrogens is 356 g/mol. The number of nitrogens with zero attached hydrogens (tertiary/aromatic N) is 3. The van der Waals surface area contributed by atoms with Crippen LogP contribution in [0, 0.1) is 0 Å². The van der Waals surface area contributed by atoms with E-state index >= 15 is 0 Å². The number of thioether (sulfide) groups is 1. The van der Waals surface area contributed by atoms with Crippen LogP contribution in [0.1, 0.15) is 25.3 Å². The Balaban J connectivity index is 1.55. The summed E-state index contributed by atoms with van der Waals surface area (Å²) in [5, 5.41) is 12.4. The van der Waals surface area contributed by atoms with Crippen LogP contribution in [-0.2, 0) is 11.3 Å². The molecule has 0 spiro atoms. The lowest BCUT2D eigenvalue weighted by molar-refractivity contribution is -0.118. The summed E-state index contributed by atoms with van der Waals surface area (Å²) in [5.41, 5.74) is 2.25. The molecule has 0 saturated carbocycles. The van der Waals surface area contributed by atoms with Gasteiger partial charge in [-0.1, -0.05) is 79.3 Å². The summed E-state index contributed by atoms with van der Waals surface area (Å²) in [6.07, 6.45) is 0. The van der Waals surface area contributed by atoms with Crippen LogP contribution >= 0.6 is 11.8 Å². The van der Waals surface area contributed by atoms with Crippen LogP contribution < -0.4 is 5.32 Å². The molecule has 6 heteroatoms. The van der Waals surface area contributed by atoms with Gasteiger partial charge >= 0.3 is 0 Å². The zero-order valence-electron chi connectivity index (χ0n) is 15.6. The van der Waals surface area contributed by atoms with Crippen molar-refractivity contribution in [3.8, 4) is 11.4 Å². The van der Waals surface area contributed by atoms with E-state index in [2.05, 4.69) is 41.5 Å². The first-order valence-electron chi connectivity index (χ1n) is 9.12.